The number of non-ortho nitro benzene ring substituents is 1. The second-order valence-corrected chi connectivity index (χ2v) is 9.26. The number of carbonyl (C=O) groups is 1. The molecule has 2 aromatic carbocycles. The zero-order valence-corrected chi connectivity index (χ0v) is 19.0. The third kappa shape index (κ3) is 5.89. The predicted molar refractivity (Wildman–Crippen MR) is 117 cm³/mol. The summed E-state index contributed by atoms with van der Waals surface area (Å²) in [6.45, 7) is 7.34. The van der Waals surface area contributed by atoms with Crippen molar-refractivity contribution in [2.45, 2.75) is 51.6 Å². The first-order valence-electron chi connectivity index (χ1n) is 10.1. The zero-order chi connectivity index (χ0) is 23.2. The van der Waals surface area contributed by atoms with Gasteiger partial charge in [-0.25, -0.2) is 8.42 Å². The molecular formula is C22H28N2O6S. The van der Waals surface area contributed by atoms with Gasteiger partial charge in [0.15, 0.2) is 0 Å². The first kappa shape index (κ1) is 24.5. The second-order valence-electron chi connectivity index (χ2n) is 7.37. The van der Waals surface area contributed by atoms with Gasteiger partial charge in [0.1, 0.15) is 6.04 Å². The van der Waals surface area contributed by atoms with Crippen LogP contribution >= 0.6 is 0 Å². The molecule has 31 heavy (non-hydrogen) atoms. The third-order valence-corrected chi connectivity index (χ3v) is 6.94. The number of nitro benzene ring substituents is 1. The smallest absolute Gasteiger partial charge is 0.324 e. The molecule has 2 aromatic rings. The Labute approximate surface area is 183 Å². The SMILES string of the molecule is CCOC(=O)[C@@H]([C@H](C)CC)N(Cc1cccc(C)c1)S(=O)(=O)c1ccc([N+](=O)[O-])cc1. The molecule has 0 spiro atoms. The molecule has 0 fully saturated rings. The van der Waals surface area contributed by atoms with E-state index in [2.05, 4.69) is 0 Å². The Morgan fingerprint density at radius 1 is 1.16 bits per heavy atom. The fourth-order valence-electron chi connectivity index (χ4n) is 3.28. The molecule has 0 aliphatic carbocycles. The van der Waals surface area contributed by atoms with Crippen molar-refractivity contribution >= 4 is 21.7 Å². The molecule has 2 rings (SSSR count). The van der Waals surface area contributed by atoms with Crippen LogP contribution in [0.1, 0.15) is 38.3 Å². The van der Waals surface area contributed by atoms with Gasteiger partial charge in [-0.05, 0) is 37.5 Å². The number of esters is 1. The topological polar surface area (TPSA) is 107 Å². The molecule has 9 heteroatoms. The Morgan fingerprint density at radius 3 is 2.32 bits per heavy atom. The van der Waals surface area contributed by atoms with Crippen LogP contribution in [0.15, 0.2) is 53.4 Å². The van der Waals surface area contributed by atoms with Gasteiger partial charge in [-0.1, -0.05) is 50.1 Å². The van der Waals surface area contributed by atoms with E-state index in [0.29, 0.717) is 6.42 Å². The van der Waals surface area contributed by atoms with E-state index in [1.165, 1.54) is 12.1 Å². The molecule has 0 aliphatic heterocycles. The average molecular weight is 449 g/mol. The van der Waals surface area contributed by atoms with Gasteiger partial charge in [-0.2, -0.15) is 4.31 Å². The lowest BCUT2D eigenvalue weighted by molar-refractivity contribution is -0.384. The summed E-state index contributed by atoms with van der Waals surface area (Å²) in [5.74, 6) is -0.924. The molecule has 0 radical (unpaired) electrons. The van der Waals surface area contributed by atoms with Crippen molar-refractivity contribution in [2.75, 3.05) is 6.61 Å². The second kappa shape index (κ2) is 10.5. The first-order chi connectivity index (χ1) is 14.6. The molecule has 8 nitrogen and oxygen atoms in total. The highest BCUT2D eigenvalue weighted by Gasteiger charge is 2.40. The van der Waals surface area contributed by atoms with Gasteiger partial charge in [-0.3, -0.25) is 14.9 Å². The van der Waals surface area contributed by atoms with Gasteiger partial charge in [0.05, 0.1) is 16.4 Å². The van der Waals surface area contributed by atoms with Gasteiger partial charge in [0, 0.05) is 18.7 Å². The van der Waals surface area contributed by atoms with Crippen LogP contribution in [-0.2, 0) is 26.1 Å². The maximum absolute atomic E-state index is 13.6. The van der Waals surface area contributed by atoms with Gasteiger partial charge in [0.2, 0.25) is 10.0 Å². The minimum atomic E-state index is -4.16. The summed E-state index contributed by atoms with van der Waals surface area (Å²) >= 11 is 0. The number of hydrogen-bond acceptors (Lipinski definition) is 6. The number of ether oxygens (including phenoxy) is 1. The summed E-state index contributed by atoms with van der Waals surface area (Å²) < 4.78 is 33.6. The van der Waals surface area contributed by atoms with Crippen LogP contribution in [0.3, 0.4) is 0 Å². The Balaban J connectivity index is 2.60. The van der Waals surface area contributed by atoms with Crippen molar-refractivity contribution in [3.05, 3.63) is 69.8 Å². The minimum absolute atomic E-state index is 0.0329. The molecule has 0 bridgehead atoms. The van der Waals surface area contributed by atoms with Crippen molar-refractivity contribution in [3.8, 4) is 0 Å². The van der Waals surface area contributed by atoms with Crippen LogP contribution in [0.4, 0.5) is 5.69 Å². The summed E-state index contributed by atoms with van der Waals surface area (Å²) in [6.07, 6.45) is 0.559. The lowest BCUT2D eigenvalue weighted by Gasteiger charge is -2.33. The number of benzene rings is 2. The Hall–Kier alpha value is -2.78. The Kier molecular flexibility index (Phi) is 8.29. The number of hydrogen-bond donors (Lipinski definition) is 0. The fraction of sp³-hybridized carbons (Fsp3) is 0.409. The number of aryl methyl sites for hydroxylation is 1. The molecule has 0 aliphatic rings. The average Bonchev–Trinajstić information content (AvgIpc) is 2.73. The number of sulfonamides is 1. The summed E-state index contributed by atoms with van der Waals surface area (Å²) in [6, 6.07) is 11.0. The quantitative estimate of drug-likeness (QED) is 0.308. The molecule has 0 saturated heterocycles. The van der Waals surface area contributed by atoms with Crippen LogP contribution in [0.25, 0.3) is 0 Å². The third-order valence-electron chi connectivity index (χ3n) is 5.10. The van der Waals surface area contributed by atoms with Crippen LogP contribution in [0, 0.1) is 23.0 Å². The summed E-state index contributed by atoms with van der Waals surface area (Å²) in [5.41, 5.74) is 1.47. The monoisotopic (exact) mass is 448 g/mol. The van der Waals surface area contributed by atoms with Crippen LogP contribution in [0.2, 0.25) is 0 Å². The maximum atomic E-state index is 13.6. The maximum Gasteiger partial charge on any atom is 0.324 e. The first-order valence-corrected chi connectivity index (χ1v) is 11.5. The van der Waals surface area contributed by atoms with E-state index in [9.17, 15) is 23.3 Å². The molecule has 0 heterocycles. The van der Waals surface area contributed by atoms with E-state index in [1.54, 1.807) is 19.9 Å². The number of carbonyl (C=O) groups excluding carboxylic acids is 1. The lowest BCUT2D eigenvalue weighted by Crippen LogP contribution is -2.48. The normalized spacial score (nSPS) is 13.6. The van der Waals surface area contributed by atoms with E-state index < -0.39 is 27.0 Å². The molecule has 168 valence electrons. The lowest BCUT2D eigenvalue weighted by atomic mass is 9.98. The largest absolute Gasteiger partial charge is 0.465 e. The summed E-state index contributed by atoms with van der Waals surface area (Å²) in [7, 11) is -4.16. The molecule has 0 saturated carbocycles. The highest BCUT2D eigenvalue weighted by molar-refractivity contribution is 7.89. The van der Waals surface area contributed by atoms with Crippen LogP contribution in [-0.4, -0.2) is 36.3 Å². The number of nitrogens with zero attached hydrogens (tertiary/aromatic N) is 2. The highest BCUT2D eigenvalue weighted by atomic mass is 32.2. The van der Waals surface area contributed by atoms with Crippen LogP contribution in [0.5, 0.6) is 0 Å². The zero-order valence-electron chi connectivity index (χ0n) is 18.1. The van der Waals surface area contributed by atoms with Gasteiger partial charge in [0.25, 0.3) is 5.69 Å². The molecular weight excluding hydrogens is 420 g/mol. The van der Waals surface area contributed by atoms with Crippen molar-refractivity contribution in [2.24, 2.45) is 5.92 Å². The van der Waals surface area contributed by atoms with E-state index in [4.69, 9.17) is 4.74 Å². The van der Waals surface area contributed by atoms with Gasteiger partial charge in [-0.15, -0.1) is 0 Å². The predicted octanol–water partition coefficient (Wildman–Crippen LogP) is 4.07. The van der Waals surface area contributed by atoms with E-state index in [-0.39, 0.29) is 29.7 Å². The van der Waals surface area contributed by atoms with Crippen molar-refractivity contribution in [1.29, 1.82) is 0 Å². The number of rotatable bonds is 10. The van der Waals surface area contributed by atoms with E-state index in [1.807, 2.05) is 32.0 Å². The Morgan fingerprint density at radius 2 is 1.81 bits per heavy atom. The standard InChI is InChI=1S/C22H28N2O6S/c1-5-17(4)21(22(25)30-6-2)23(15-18-9-7-8-16(3)14-18)31(28,29)20-12-10-19(11-13-20)24(26)27/h7-14,17,21H,5-6,15H2,1-4H3/t17-,21-/m1/s1. The van der Waals surface area contributed by atoms with E-state index in [0.717, 1.165) is 27.6 Å². The molecule has 0 aromatic heterocycles. The van der Waals surface area contributed by atoms with Gasteiger partial charge < -0.3 is 4.74 Å². The van der Waals surface area contributed by atoms with E-state index >= 15 is 0 Å². The minimum Gasteiger partial charge on any atom is -0.465 e. The fourth-order valence-corrected chi connectivity index (χ4v) is 4.95. The van der Waals surface area contributed by atoms with Crippen molar-refractivity contribution in [1.82, 2.24) is 4.31 Å². The molecule has 0 N–H and O–H groups in total. The summed E-state index contributed by atoms with van der Waals surface area (Å²) in [4.78, 5) is 23.1. The molecule has 2 atom stereocenters. The highest BCUT2D eigenvalue weighted by Crippen LogP contribution is 2.28. The van der Waals surface area contributed by atoms with Gasteiger partial charge >= 0.3 is 5.97 Å². The van der Waals surface area contributed by atoms with Crippen LogP contribution < -0.4 is 0 Å². The Bertz CT molecular complexity index is 1020. The number of nitro groups is 1. The van der Waals surface area contributed by atoms with Crippen molar-refractivity contribution in [3.63, 3.8) is 0 Å². The summed E-state index contributed by atoms with van der Waals surface area (Å²) in [5, 5.41) is 11.0. The molecule has 0 unspecified atom stereocenters. The molecule has 0 amide bonds. The van der Waals surface area contributed by atoms with Crippen molar-refractivity contribution < 1.29 is 22.9 Å².